The minimum Gasteiger partial charge on any atom is -0.307 e. The van der Waals surface area contributed by atoms with Crippen LogP contribution in [0.15, 0.2) is 72.7 Å². The largest absolute Gasteiger partial charge is 0.307 e. The van der Waals surface area contributed by atoms with Crippen LogP contribution in [-0.4, -0.2) is 24.1 Å². The fourth-order valence-electron chi connectivity index (χ4n) is 2.85. The molecule has 0 N–H and O–H groups in total. The molecule has 0 spiro atoms. The van der Waals surface area contributed by atoms with E-state index in [1.54, 1.807) is 11.8 Å². The summed E-state index contributed by atoms with van der Waals surface area (Å²) in [6.45, 7) is 6.62. The third-order valence-electron chi connectivity index (χ3n) is 4.06. The molecule has 0 amide bonds. The molecule has 0 saturated carbocycles. The summed E-state index contributed by atoms with van der Waals surface area (Å²) in [4.78, 5) is 4.67. The fraction of sp³-hybridized carbons (Fsp3) is 0.150. The zero-order chi connectivity index (χ0) is 17.9. The van der Waals surface area contributed by atoms with E-state index >= 15 is 0 Å². The van der Waals surface area contributed by atoms with Crippen LogP contribution in [0.1, 0.15) is 11.3 Å². The first-order chi connectivity index (χ1) is 12.7. The molecule has 0 aliphatic carbocycles. The molecule has 130 valence electrons. The van der Waals surface area contributed by atoms with Crippen LogP contribution >= 0.6 is 11.8 Å². The number of rotatable bonds is 6. The molecule has 0 bridgehead atoms. The van der Waals surface area contributed by atoms with Crippen LogP contribution in [0.4, 0.5) is 0 Å². The van der Waals surface area contributed by atoms with Crippen molar-refractivity contribution in [1.29, 1.82) is 0 Å². The van der Waals surface area contributed by atoms with Gasteiger partial charge in [-0.1, -0.05) is 54.2 Å². The normalized spacial score (nSPS) is 11.1. The van der Waals surface area contributed by atoms with Gasteiger partial charge in [0.15, 0.2) is 11.0 Å². The highest BCUT2D eigenvalue weighted by Crippen LogP contribution is 2.26. The van der Waals surface area contributed by atoms with Gasteiger partial charge in [0.05, 0.1) is 5.69 Å². The summed E-state index contributed by atoms with van der Waals surface area (Å²) in [7, 11) is 0. The number of fused-ring (bicyclic) bond motifs is 1. The van der Waals surface area contributed by atoms with Gasteiger partial charge in [-0.15, -0.1) is 16.8 Å². The summed E-state index contributed by atoms with van der Waals surface area (Å²) in [5.74, 6) is 1.60. The van der Waals surface area contributed by atoms with E-state index in [0.717, 1.165) is 33.6 Å². The van der Waals surface area contributed by atoms with Gasteiger partial charge in [0.2, 0.25) is 0 Å². The first kappa shape index (κ1) is 16.6. The molecule has 0 aliphatic heterocycles. The lowest BCUT2D eigenvalue weighted by Crippen LogP contribution is -2.00. The number of hydrogen-bond acceptors (Lipinski definition) is 4. The predicted molar refractivity (Wildman–Crippen MR) is 105 cm³/mol. The topological polar surface area (TPSA) is 48.0 Å². The molecule has 4 rings (SSSR count). The SMILES string of the molecule is C=CCn1c(SCc2cn3cc(C)ccc3n2)nnc1-c1ccccc1. The molecular formula is C20H19N5S. The summed E-state index contributed by atoms with van der Waals surface area (Å²) in [5, 5.41) is 9.65. The molecule has 0 fully saturated rings. The van der Waals surface area contributed by atoms with E-state index in [1.807, 2.05) is 42.5 Å². The Bertz CT molecular complexity index is 1050. The third kappa shape index (κ3) is 3.28. The molecule has 0 saturated heterocycles. The number of thioether (sulfide) groups is 1. The van der Waals surface area contributed by atoms with Gasteiger partial charge in [0.1, 0.15) is 5.65 Å². The van der Waals surface area contributed by atoms with Crippen molar-refractivity contribution in [3.05, 3.63) is 78.8 Å². The van der Waals surface area contributed by atoms with Gasteiger partial charge in [-0.05, 0) is 18.6 Å². The minimum absolute atomic E-state index is 0.671. The van der Waals surface area contributed by atoms with Crippen molar-refractivity contribution in [1.82, 2.24) is 24.1 Å². The molecule has 4 aromatic rings. The van der Waals surface area contributed by atoms with Crippen molar-refractivity contribution >= 4 is 17.4 Å². The lowest BCUT2D eigenvalue weighted by molar-refractivity contribution is 0.731. The molecule has 0 unspecified atom stereocenters. The summed E-state index contributed by atoms with van der Waals surface area (Å²) in [5.41, 5.74) is 4.25. The number of imidazole rings is 1. The lowest BCUT2D eigenvalue weighted by atomic mass is 10.2. The predicted octanol–water partition coefficient (Wildman–Crippen LogP) is 4.38. The zero-order valence-corrected chi connectivity index (χ0v) is 15.4. The highest BCUT2D eigenvalue weighted by atomic mass is 32.2. The number of hydrogen-bond donors (Lipinski definition) is 0. The van der Waals surface area contributed by atoms with Gasteiger partial charge in [-0.25, -0.2) is 4.98 Å². The van der Waals surface area contributed by atoms with E-state index in [0.29, 0.717) is 6.54 Å². The molecule has 0 radical (unpaired) electrons. The number of aryl methyl sites for hydroxylation is 1. The van der Waals surface area contributed by atoms with Crippen molar-refractivity contribution in [2.75, 3.05) is 0 Å². The molecule has 0 atom stereocenters. The van der Waals surface area contributed by atoms with Gasteiger partial charge in [-0.3, -0.25) is 4.57 Å². The molecule has 0 aliphatic rings. The second-order valence-corrected chi connectivity index (χ2v) is 7.01. The van der Waals surface area contributed by atoms with Gasteiger partial charge in [0, 0.05) is 30.3 Å². The number of allylic oxidation sites excluding steroid dienone is 1. The van der Waals surface area contributed by atoms with Crippen molar-refractivity contribution in [3.8, 4) is 11.4 Å². The average molecular weight is 361 g/mol. The zero-order valence-electron chi connectivity index (χ0n) is 14.5. The Labute approximate surface area is 156 Å². The maximum absolute atomic E-state index is 4.67. The van der Waals surface area contributed by atoms with Crippen molar-refractivity contribution in [3.63, 3.8) is 0 Å². The fourth-order valence-corrected chi connectivity index (χ4v) is 3.68. The van der Waals surface area contributed by atoms with Gasteiger partial charge < -0.3 is 4.40 Å². The Morgan fingerprint density at radius 3 is 2.73 bits per heavy atom. The van der Waals surface area contributed by atoms with Gasteiger partial charge in [0.25, 0.3) is 0 Å². The summed E-state index contributed by atoms with van der Waals surface area (Å²) in [6, 6.07) is 14.2. The van der Waals surface area contributed by atoms with Crippen LogP contribution in [-0.2, 0) is 12.3 Å². The quantitative estimate of drug-likeness (QED) is 0.378. The number of benzene rings is 1. The standard InChI is InChI=1S/C20H19N5S/c1-3-11-25-19(16-7-5-4-6-8-16)22-23-20(25)26-14-17-13-24-12-15(2)9-10-18(24)21-17/h3-10,12-13H,1,11,14H2,2H3. The molecule has 6 heteroatoms. The highest BCUT2D eigenvalue weighted by molar-refractivity contribution is 7.98. The Balaban J connectivity index is 1.59. The van der Waals surface area contributed by atoms with Gasteiger partial charge >= 0.3 is 0 Å². The third-order valence-corrected chi connectivity index (χ3v) is 5.06. The van der Waals surface area contributed by atoms with Crippen molar-refractivity contribution in [2.24, 2.45) is 0 Å². The Morgan fingerprint density at radius 1 is 1.08 bits per heavy atom. The second kappa shape index (κ2) is 7.17. The summed E-state index contributed by atoms with van der Waals surface area (Å²) < 4.78 is 4.15. The smallest absolute Gasteiger partial charge is 0.192 e. The Hall–Kier alpha value is -2.86. The first-order valence-electron chi connectivity index (χ1n) is 8.41. The van der Waals surface area contributed by atoms with Gasteiger partial charge in [-0.2, -0.15) is 0 Å². The van der Waals surface area contributed by atoms with E-state index in [4.69, 9.17) is 0 Å². The second-order valence-electron chi connectivity index (χ2n) is 6.06. The van der Waals surface area contributed by atoms with Crippen LogP contribution in [0.25, 0.3) is 17.0 Å². The summed E-state index contributed by atoms with van der Waals surface area (Å²) >= 11 is 1.64. The van der Waals surface area contributed by atoms with Crippen LogP contribution in [0.2, 0.25) is 0 Å². The van der Waals surface area contributed by atoms with Crippen molar-refractivity contribution in [2.45, 2.75) is 24.4 Å². The van der Waals surface area contributed by atoms with E-state index in [1.165, 1.54) is 5.56 Å². The van der Waals surface area contributed by atoms with E-state index < -0.39 is 0 Å². The Morgan fingerprint density at radius 2 is 1.92 bits per heavy atom. The van der Waals surface area contributed by atoms with Crippen LogP contribution in [0, 0.1) is 6.92 Å². The van der Waals surface area contributed by atoms with Crippen LogP contribution < -0.4 is 0 Å². The molecule has 1 aromatic carbocycles. The van der Waals surface area contributed by atoms with Crippen LogP contribution in [0.5, 0.6) is 0 Å². The summed E-state index contributed by atoms with van der Waals surface area (Å²) in [6.07, 6.45) is 6.03. The number of nitrogens with zero attached hydrogens (tertiary/aromatic N) is 5. The molecule has 5 nitrogen and oxygen atoms in total. The van der Waals surface area contributed by atoms with Crippen molar-refractivity contribution < 1.29 is 0 Å². The molecule has 3 heterocycles. The Kier molecular flexibility index (Phi) is 4.58. The van der Waals surface area contributed by atoms with E-state index in [-0.39, 0.29) is 0 Å². The molecule has 26 heavy (non-hydrogen) atoms. The van der Waals surface area contributed by atoms with Crippen LogP contribution in [0.3, 0.4) is 0 Å². The van der Waals surface area contributed by atoms with E-state index in [2.05, 4.69) is 56.1 Å². The lowest BCUT2D eigenvalue weighted by Gasteiger charge is -2.07. The monoisotopic (exact) mass is 361 g/mol. The van der Waals surface area contributed by atoms with E-state index in [9.17, 15) is 0 Å². The minimum atomic E-state index is 0.671. The maximum atomic E-state index is 4.67. The highest BCUT2D eigenvalue weighted by Gasteiger charge is 2.14. The molecular weight excluding hydrogens is 342 g/mol. The molecule has 3 aromatic heterocycles. The number of pyridine rings is 1. The first-order valence-corrected chi connectivity index (χ1v) is 9.40. The number of aromatic nitrogens is 5. The average Bonchev–Trinajstić information content (AvgIpc) is 3.24. The maximum Gasteiger partial charge on any atom is 0.192 e.